The molecule has 0 aliphatic heterocycles. The maximum atomic E-state index is 12.0. The zero-order valence-electron chi connectivity index (χ0n) is 25.3. The quantitative estimate of drug-likeness (QED) is 0.238. The van der Waals surface area contributed by atoms with Gasteiger partial charge in [-0.3, -0.25) is 4.68 Å². The lowest BCUT2D eigenvalue weighted by Gasteiger charge is -2.35. The van der Waals surface area contributed by atoms with Gasteiger partial charge in [0.25, 0.3) is 0 Å². The van der Waals surface area contributed by atoms with E-state index in [1.807, 2.05) is 82.7 Å². The van der Waals surface area contributed by atoms with Crippen molar-refractivity contribution in [1.82, 2.24) is 20.1 Å². The van der Waals surface area contributed by atoms with Gasteiger partial charge in [-0.1, -0.05) is 44.2 Å². The molecule has 0 bridgehead atoms. The lowest BCUT2D eigenvalue weighted by Crippen LogP contribution is -2.46. The zero-order valence-corrected chi connectivity index (χ0v) is 25.3. The Kier molecular flexibility index (Phi) is 8.25. The largest absolute Gasteiger partial charge is 0.490 e. The number of ether oxygens (including phenoxy) is 3. The molecule has 1 N–H and O–H groups in total. The van der Waals surface area contributed by atoms with Gasteiger partial charge in [0.2, 0.25) is 0 Å². The number of alkyl carbamates (subject to hydrolysis) is 1. The van der Waals surface area contributed by atoms with E-state index in [9.17, 15) is 4.79 Å². The molecule has 1 aliphatic rings. The van der Waals surface area contributed by atoms with Gasteiger partial charge in [-0.25, -0.2) is 9.78 Å². The fourth-order valence-corrected chi connectivity index (χ4v) is 4.91. The summed E-state index contributed by atoms with van der Waals surface area (Å²) in [6, 6.07) is 22.4. The van der Waals surface area contributed by atoms with E-state index < -0.39 is 0 Å². The predicted octanol–water partition coefficient (Wildman–Crippen LogP) is 6.82. The van der Waals surface area contributed by atoms with E-state index >= 15 is 0 Å². The van der Waals surface area contributed by atoms with E-state index in [0.717, 1.165) is 28.5 Å². The van der Waals surface area contributed by atoms with Crippen molar-refractivity contribution >= 4 is 6.09 Å². The highest BCUT2D eigenvalue weighted by Gasteiger charge is 2.34. The molecule has 1 amide bonds. The van der Waals surface area contributed by atoms with Crippen LogP contribution in [-0.2, 0) is 23.8 Å². The molecule has 220 valence electrons. The molecule has 8 heteroatoms. The molecule has 4 aromatic rings. The van der Waals surface area contributed by atoms with Crippen molar-refractivity contribution in [2.45, 2.75) is 77.2 Å². The number of hydrogen-bond acceptors (Lipinski definition) is 6. The number of aromatic nitrogens is 3. The highest BCUT2D eigenvalue weighted by molar-refractivity contribution is 5.68. The zero-order chi connectivity index (χ0) is 29.9. The summed E-state index contributed by atoms with van der Waals surface area (Å²) in [5, 5.41) is 7.06. The van der Waals surface area contributed by atoms with Crippen molar-refractivity contribution < 1.29 is 19.0 Å². The van der Waals surface area contributed by atoms with Crippen LogP contribution in [0.1, 0.15) is 64.3 Å². The van der Waals surface area contributed by atoms with Crippen molar-refractivity contribution in [3.63, 3.8) is 0 Å². The molecule has 1 fully saturated rings. The smallest absolute Gasteiger partial charge is 0.407 e. The molecule has 42 heavy (non-hydrogen) atoms. The van der Waals surface area contributed by atoms with Crippen LogP contribution in [0.15, 0.2) is 79.1 Å². The minimum Gasteiger partial charge on any atom is -0.490 e. The molecule has 0 atom stereocenters. The van der Waals surface area contributed by atoms with Crippen molar-refractivity contribution in [1.29, 1.82) is 0 Å². The third-order valence-corrected chi connectivity index (χ3v) is 7.45. The number of nitrogens with zero attached hydrogens (tertiary/aromatic N) is 3. The lowest BCUT2D eigenvalue weighted by molar-refractivity contribution is -0.0243. The van der Waals surface area contributed by atoms with Gasteiger partial charge in [0.05, 0.1) is 17.6 Å². The Bertz CT molecular complexity index is 1500. The third kappa shape index (κ3) is 7.29. The molecule has 5 rings (SSSR count). The maximum absolute atomic E-state index is 12.0. The molecule has 0 radical (unpaired) electrons. The normalized spacial score (nSPS) is 16.8. The first-order valence-electron chi connectivity index (χ1n) is 14.4. The number of pyridine rings is 1. The molecular formula is C34H40N4O4. The lowest BCUT2D eigenvalue weighted by atomic mass is 9.78. The Labute approximate surface area is 248 Å². The molecule has 2 aromatic heterocycles. The minimum absolute atomic E-state index is 0.0527. The Balaban J connectivity index is 1.12. The van der Waals surface area contributed by atoms with Crippen molar-refractivity contribution in [2.75, 3.05) is 0 Å². The van der Waals surface area contributed by atoms with Gasteiger partial charge in [-0.05, 0) is 68.3 Å². The molecule has 8 nitrogen and oxygen atoms in total. The molecule has 1 aliphatic carbocycles. The van der Waals surface area contributed by atoms with Gasteiger partial charge in [0, 0.05) is 42.6 Å². The Morgan fingerprint density at radius 3 is 2.14 bits per heavy atom. The van der Waals surface area contributed by atoms with Gasteiger partial charge in [-0.15, -0.1) is 0 Å². The van der Waals surface area contributed by atoms with Gasteiger partial charge < -0.3 is 19.5 Å². The Morgan fingerprint density at radius 2 is 1.55 bits per heavy atom. The number of hydrogen-bond donors (Lipinski definition) is 1. The number of aryl methyl sites for hydroxylation is 1. The summed E-state index contributed by atoms with van der Waals surface area (Å²) in [6.45, 7) is 10.6. The van der Waals surface area contributed by atoms with Gasteiger partial charge >= 0.3 is 6.09 Å². The van der Waals surface area contributed by atoms with Crippen LogP contribution in [0.4, 0.5) is 4.79 Å². The van der Waals surface area contributed by atoms with Crippen molar-refractivity contribution in [2.24, 2.45) is 7.05 Å². The van der Waals surface area contributed by atoms with E-state index in [1.54, 1.807) is 4.68 Å². The molecule has 0 spiro atoms. The number of nitrogens with one attached hydrogen (secondary N) is 1. The number of benzene rings is 2. The first-order chi connectivity index (χ1) is 19.9. The third-order valence-electron chi connectivity index (χ3n) is 7.45. The number of carbonyl (C=O) groups is 1. The average Bonchev–Trinajstić information content (AvgIpc) is 3.37. The SMILES string of the molecule is Cn1cc(-c2cccc(COc3ccc(C(C)(C)c4ccc(OC5CC(OC(=O)NC(C)(C)C)C5)cc4)cc3)n2)cn1. The van der Waals surface area contributed by atoms with Gasteiger partial charge in [-0.2, -0.15) is 5.10 Å². The van der Waals surface area contributed by atoms with Crippen LogP contribution in [0.25, 0.3) is 11.3 Å². The van der Waals surface area contributed by atoms with Crippen LogP contribution in [-0.4, -0.2) is 38.6 Å². The highest BCUT2D eigenvalue weighted by Crippen LogP contribution is 2.35. The van der Waals surface area contributed by atoms with Crippen LogP contribution >= 0.6 is 0 Å². The van der Waals surface area contributed by atoms with E-state index in [4.69, 9.17) is 19.2 Å². The molecule has 0 saturated heterocycles. The second-order valence-electron chi connectivity index (χ2n) is 12.5. The predicted molar refractivity (Wildman–Crippen MR) is 163 cm³/mol. The molecule has 2 aromatic carbocycles. The summed E-state index contributed by atoms with van der Waals surface area (Å²) in [7, 11) is 1.89. The topological polar surface area (TPSA) is 87.5 Å². The molecule has 0 unspecified atom stereocenters. The van der Waals surface area contributed by atoms with Crippen molar-refractivity contribution in [3.8, 4) is 22.8 Å². The standard InChI is InChI=1S/C34H40N4O4/c1-33(2,3)37-32(39)42-30-18-29(19-30)41-28-16-12-25(13-17-28)34(4,5)24-10-14-27(15-11-24)40-22-26-8-7-9-31(36-26)23-20-35-38(6)21-23/h7-17,20-21,29-30H,18-19,22H2,1-6H3,(H,37,39). The van der Waals surface area contributed by atoms with Gasteiger partial charge in [0.15, 0.2) is 0 Å². The highest BCUT2D eigenvalue weighted by atomic mass is 16.6. The summed E-state index contributed by atoms with van der Waals surface area (Å²) >= 11 is 0. The van der Waals surface area contributed by atoms with E-state index in [2.05, 4.69) is 48.5 Å². The average molecular weight is 569 g/mol. The van der Waals surface area contributed by atoms with Crippen LogP contribution in [0.2, 0.25) is 0 Å². The molecule has 2 heterocycles. The van der Waals surface area contributed by atoms with Crippen LogP contribution in [0.3, 0.4) is 0 Å². The van der Waals surface area contributed by atoms with Crippen LogP contribution in [0, 0.1) is 0 Å². The first kappa shape index (κ1) is 29.2. The Hall–Kier alpha value is -4.33. The first-order valence-corrected chi connectivity index (χ1v) is 14.4. The number of amides is 1. The maximum Gasteiger partial charge on any atom is 0.407 e. The minimum atomic E-state index is -0.374. The number of rotatable bonds is 9. The van der Waals surface area contributed by atoms with Crippen LogP contribution in [0.5, 0.6) is 11.5 Å². The second-order valence-corrected chi connectivity index (χ2v) is 12.5. The summed E-state index contributed by atoms with van der Waals surface area (Å²) < 4.78 is 19.4. The summed E-state index contributed by atoms with van der Waals surface area (Å²) in [5.74, 6) is 1.62. The molecule has 1 saturated carbocycles. The van der Waals surface area contributed by atoms with E-state index in [-0.39, 0.29) is 29.3 Å². The monoisotopic (exact) mass is 568 g/mol. The van der Waals surface area contributed by atoms with E-state index in [1.165, 1.54) is 11.1 Å². The van der Waals surface area contributed by atoms with E-state index in [0.29, 0.717) is 19.4 Å². The Morgan fingerprint density at radius 1 is 0.905 bits per heavy atom. The number of carbonyl (C=O) groups excluding carboxylic acids is 1. The fraction of sp³-hybridized carbons (Fsp3) is 0.382. The van der Waals surface area contributed by atoms with Crippen LogP contribution < -0.4 is 14.8 Å². The molecular weight excluding hydrogens is 528 g/mol. The summed E-state index contributed by atoms with van der Waals surface area (Å²) in [4.78, 5) is 16.7. The summed E-state index contributed by atoms with van der Waals surface area (Å²) in [6.07, 6.45) is 4.74. The second kappa shape index (κ2) is 11.9. The summed E-state index contributed by atoms with van der Waals surface area (Å²) in [5.41, 5.74) is 4.58. The van der Waals surface area contributed by atoms with Crippen molar-refractivity contribution in [3.05, 3.63) is 95.9 Å². The van der Waals surface area contributed by atoms with Gasteiger partial charge in [0.1, 0.15) is 30.3 Å². The fourth-order valence-electron chi connectivity index (χ4n) is 4.91.